The first-order valence-corrected chi connectivity index (χ1v) is 9.14. The maximum atomic E-state index is 11.6. The molecule has 4 aromatic rings. The quantitative estimate of drug-likeness (QED) is 0.304. The second-order valence-corrected chi connectivity index (χ2v) is 6.99. The Morgan fingerprint density at radius 1 is 0.769 bits per heavy atom. The molecular formula is C22H16Cl2O2. The fraction of sp³-hybridized carbons (Fsp3) is 0.136. The molecule has 0 saturated heterocycles. The lowest BCUT2D eigenvalue weighted by atomic mass is 9.90. The molecule has 4 heteroatoms. The molecule has 0 N–H and O–H groups in total. The van der Waals surface area contributed by atoms with Crippen molar-refractivity contribution in [2.24, 2.45) is 0 Å². The fourth-order valence-corrected chi connectivity index (χ4v) is 3.97. The van der Waals surface area contributed by atoms with Crippen LogP contribution in [0, 0.1) is 0 Å². The van der Waals surface area contributed by atoms with Gasteiger partial charge < -0.3 is 0 Å². The van der Waals surface area contributed by atoms with Crippen LogP contribution in [0.1, 0.15) is 11.1 Å². The molecule has 0 aliphatic heterocycles. The molecule has 26 heavy (non-hydrogen) atoms. The van der Waals surface area contributed by atoms with Crippen molar-refractivity contribution >= 4 is 61.0 Å². The third-order valence-corrected chi connectivity index (χ3v) is 5.12. The summed E-state index contributed by atoms with van der Waals surface area (Å²) in [6.07, 6.45) is 0.949. The van der Waals surface area contributed by atoms with E-state index in [9.17, 15) is 4.79 Å². The van der Waals surface area contributed by atoms with Gasteiger partial charge in [0.1, 0.15) is 0 Å². The Hall–Kier alpha value is -2.13. The Balaban J connectivity index is 2.13. The van der Waals surface area contributed by atoms with Gasteiger partial charge in [-0.15, -0.1) is 0 Å². The topological polar surface area (TPSA) is 26.3 Å². The van der Waals surface area contributed by atoms with Crippen molar-refractivity contribution in [3.63, 3.8) is 0 Å². The van der Waals surface area contributed by atoms with Crippen molar-refractivity contribution in [1.82, 2.24) is 0 Å². The van der Waals surface area contributed by atoms with Gasteiger partial charge in [-0.05, 0) is 73.6 Å². The van der Waals surface area contributed by atoms with Crippen LogP contribution in [0.5, 0.6) is 0 Å². The van der Waals surface area contributed by atoms with E-state index in [2.05, 4.69) is 30.3 Å². The molecule has 0 aromatic heterocycles. The molecule has 130 valence electrons. The monoisotopic (exact) mass is 382 g/mol. The molecule has 0 unspecified atom stereocenters. The highest BCUT2D eigenvalue weighted by molar-refractivity contribution is 6.63. The third kappa shape index (κ3) is 3.05. The summed E-state index contributed by atoms with van der Waals surface area (Å²) < 4.78 is 4.78. The molecule has 0 bridgehead atoms. The van der Waals surface area contributed by atoms with Crippen LogP contribution in [0.15, 0.2) is 60.7 Å². The Morgan fingerprint density at radius 2 is 1.27 bits per heavy atom. The molecule has 0 saturated carbocycles. The van der Waals surface area contributed by atoms with Crippen molar-refractivity contribution in [1.29, 1.82) is 0 Å². The molecule has 0 aliphatic carbocycles. The first-order chi connectivity index (χ1) is 12.7. The minimum Gasteiger partial charge on any atom is -0.281 e. The van der Waals surface area contributed by atoms with E-state index < -0.39 is 0 Å². The van der Waals surface area contributed by atoms with Crippen LogP contribution in [0.25, 0.3) is 32.3 Å². The Kier molecular flexibility index (Phi) is 4.82. The van der Waals surface area contributed by atoms with Crippen molar-refractivity contribution in [2.75, 3.05) is 6.61 Å². The first-order valence-electron chi connectivity index (χ1n) is 8.46. The molecule has 4 rings (SSSR count). The molecule has 2 nitrogen and oxygen atoms in total. The lowest BCUT2D eigenvalue weighted by Crippen LogP contribution is -1.98. The molecule has 0 atom stereocenters. The summed E-state index contributed by atoms with van der Waals surface area (Å²) in [4.78, 5) is 11.6. The summed E-state index contributed by atoms with van der Waals surface area (Å²) in [5, 5.41) is 6.45. The highest BCUT2D eigenvalue weighted by atomic mass is 35.5. The summed E-state index contributed by atoms with van der Waals surface area (Å²) in [5.41, 5.74) is 2.15. The lowest BCUT2D eigenvalue weighted by molar-refractivity contribution is -0.111. The smallest absolute Gasteiger partial charge is 0.226 e. The van der Waals surface area contributed by atoms with Crippen LogP contribution < -0.4 is 0 Å². The van der Waals surface area contributed by atoms with Crippen LogP contribution >= 0.6 is 23.5 Å². The molecule has 0 aliphatic rings. The van der Waals surface area contributed by atoms with Gasteiger partial charge in [-0.1, -0.05) is 48.5 Å². The van der Waals surface area contributed by atoms with E-state index in [1.165, 1.54) is 10.9 Å². The minimum atomic E-state index is -0.352. The van der Waals surface area contributed by atoms with Crippen LogP contribution in [0.2, 0.25) is 0 Å². The van der Waals surface area contributed by atoms with E-state index in [1.54, 1.807) is 0 Å². The highest BCUT2D eigenvalue weighted by Crippen LogP contribution is 2.36. The minimum absolute atomic E-state index is 0.216. The van der Waals surface area contributed by atoms with Gasteiger partial charge in [0.15, 0.2) is 0 Å². The van der Waals surface area contributed by atoms with Gasteiger partial charge >= 0.3 is 0 Å². The predicted molar refractivity (Wildman–Crippen MR) is 109 cm³/mol. The van der Waals surface area contributed by atoms with Crippen molar-refractivity contribution in [3.8, 4) is 0 Å². The zero-order chi connectivity index (χ0) is 18.1. The number of benzene rings is 4. The second-order valence-electron chi connectivity index (χ2n) is 6.35. The van der Waals surface area contributed by atoms with Crippen LogP contribution in [0.3, 0.4) is 0 Å². The highest BCUT2D eigenvalue weighted by Gasteiger charge is 2.13. The van der Waals surface area contributed by atoms with Gasteiger partial charge in [0.25, 0.3) is 0 Å². The van der Waals surface area contributed by atoms with E-state index in [0.29, 0.717) is 6.61 Å². The first kappa shape index (κ1) is 17.3. The van der Waals surface area contributed by atoms with E-state index in [1.807, 2.05) is 30.3 Å². The summed E-state index contributed by atoms with van der Waals surface area (Å²) in [6.45, 7) is 0.452. The largest absolute Gasteiger partial charge is 0.281 e. The lowest BCUT2D eigenvalue weighted by Gasteiger charge is -2.14. The van der Waals surface area contributed by atoms with Crippen molar-refractivity contribution in [3.05, 3.63) is 71.8 Å². The van der Waals surface area contributed by atoms with Gasteiger partial charge in [0.05, 0.1) is 18.5 Å². The third-order valence-electron chi connectivity index (χ3n) is 4.83. The molecule has 0 fully saturated rings. The zero-order valence-corrected chi connectivity index (χ0v) is 15.5. The number of carbonyl (C=O) groups is 1. The second kappa shape index (κ2) is 7.24. The van der Waals surface area contributed by atoms with Gasteiger partial charge in [0.2, 0.25) is 5.24 Å². The van der Waals surface area contributed by atoms with E-state index in [4.69, 9.17) is 27.8 Å². The van der Waals surface area contributed by atoms with Gasteiger partial charge in [-0.2, -0.15) is 0 Å². The molecule has 0 heterocycles. The van der Waals surface area contributed by atoms with Crippen LogP contribution in [-0.4, -0.2) is 11.8 Å². The maximum absolute atomic E-state index is 11.6. The van der Waals surface area contributed by atoms with Gasteiger partial charge in [0, 0.05) is 6.42 Å². The zero-order valence-electron chi connectivity index (χ0n) is 14.0. The van der Waals surface area contributed by atoms with Crippen LogP contribution in [0.4, 0.5) is 0 Å². The SMILES string of the molecule is O=C(Cl)Cc1cc2c3ccccc3c(CCOCl)cc2c2ccccc12. The van der Waals surface area contributed by atoms with Crippen molar-refractivity contribution < 1.29 is 9.08 Å². The molecule has 0 spiro atoms. The number of hydrogen-bond donors (Lipinski definition) is 0. The molecular weight excluding hydrogens is 367 g/mol. The predicted octanol–water partition coefficient (Wildman–Crippen LogP) is 6.17. The summed E-state index contributed by atoms with van der Waals surface area (Å²) in [6, 6.07) is 20.7. The number of rotatable bonds is 5. The van der Waals surface area contributed by atoms with Gasteiger partial charge in [-0.3, -0.25) is 9.08 Å². The summed E-state index contributed by atoms with van der Waals surface area (Å²) >= 11 is 11.1. The Bertz CT molecular complexity index is 1140. The number of hydrogen-bond acceptors (Lipinski definition) is 2. The average Bonchev–Trinajstić information content (AvgIpc) is 2.66. The Labute approximate surface area is 161 Å². The standard InChI is InChI=1S/C22H16Cl2O2/c23-22(25)13-15-12-21-18-7-3-1-5-16(18)14(9-10-26-24)11-20(21)19-8-4-2-6-17(15)19/h1-8,11-12H,9-10,13H2. The molecule has 4 aromatic carbocycles. The molecule has 0 amide bonds. The average molecular weight is 383 g/mol. The van der Waals surface area contributed by atoms with Crippen molar-refractivity contribution in [2.45, 2.75) is 12.8 Å². The van der Waals surface area contributed by atoms with E-state index in [0.717, 1.165) is 38.9 Å². The molecule has 0 radical (unpaired) electrons. The fourth-order valence-electron chi connectivity index (χ4n) is 3.75. The number of fused-ring (bicyclic) bond motifs is 5. The number of halogens is 2. The Morgan fingerprint density at radius 3 is 1.81 bits per heavy atom. The summed E-state index contributed by atoms with van der Waals surface area (Å²) in [7, 11) is 0. The van der Waals surface area contributed by atoms with E-state index in [-0.39, 0.29) is 11.7 Å². The van der Waals surface area contributed by atoms with E-state index >= 15 is 0 Å². The normalized spacial score (nSPS) is 11.5. The van der Waals surface area contributed by atoms with Gasteiger partial charge in [-0.25, -0.2) is 0 Å². The summed E-state index contributed by atoms with van der Waals surface area (Å²) in [5.74, 6) is 0. The maximum Gasteiger partial charge on any atom is 0.226 e. The number of carbonyl (C=O) groups excluding carboxylic acids is 1. The van der Waals surface area contributed by atoms with Crippen LogP contribution in [-0.2, 0) is 21.9 Å².